The minimum Gasteiger partial charge on any atom is -0.396 e. The van der Waals surface area contributed by atoms with Gasteiger partial charge in [-0.1, -0.05) is 22.0 Å². The van der Waals surface area contributed by atoms with Crippen molar-refractivity contribution in [3.05, 3.63) is 28.2 Å². The molecule has 0 unspecified atom stereocenters. The molecular weight excluding hydrogens is 320 g/mol. The van der Waals surface area contributed by atoms with E-state index in [4.69, 9.17) is 5.11 Å². The molecule has 110 valence electrons. The SMILES string of the molecule is Cc1c(Br)cccc1NC(=O)NC1CCC(CO)CC1. The summed E-state index contributed by atoms with van der Waals surface area (Å²) >= 11 is 3.45. The molecule has 0 aliphatic heterocycles. The Morgan fingerprint density at radius 1 is 1.35 bits per heavy atom. The van der Waals surface area contributed by atoms with Crippen LogP contribution in [0.2, 0.25) is 0 Å². The summed E-state index contributed by atoms with van der Waals surface area (Å²) in [6.07, 6.45) is 3.85. The van der Waals surface area contributed by atoms with Crippen LogP contribution in [0.25, 0.3) is 0 Å². The van der Waals surface area contributed by atoms with Crippen LogP contribution < -0.4 is 10.6 Å². The van der Waals surface area contributed by atoms with Gasteiger partial charge in [0.1, 0.15) is 0 Å². The van der Waals surface area contributed by atoms with Crippen molar-refractivity contribution in [1.82, 2.24) is 5.32 Å². The van der Waals surface area contributed by atoms with E-state index < -0.39 is 0 Å². The molecule has 0 atom stereocenters. The van der Waals surface area contributed by atoms with Gasteiger partial charge in [-0.25, -0.2) is 4.79 Å². The lowest BCUT2D eigenvalue weighted by Gasteiger charge is -2.28. The average molecular weight is 341 g/mol. The summed E-state index contributed by atoms with van der Waals surface area (Å²) in [5.74, 6) is 0.406. The van der Waals surface area contributed by atoms with E-state index in [-0.39, 0.29) is 18.7 Å². The Morgan fingerprint density at radius 2 is 2.05 bits per heavy atom. The molecule has 0 radical (unpaired) electrons. The zero-order valence-corrected chi connectivity index (χ0v) is 13.2. The Morgan fingerprint density at radius 3 is 2.70 bits per heavy atom. The Hall–Kier alpha value is -1.07. The fourth-order valence-corrected chi connectivity index (χ4v) is 2.94. The van der Waals surface area contributed by atoms with E-state index in [9.17, 15) is 4.79 Å². The normalized spacial score (nSPS) is 22.4. The summed E-state index contributed by atoms with van der Waals surface area (Å²) in [4.78, 5) is 12.0. The van der Waals surface area contributed by atoms with Crippen LogP contribution in [-0.2, 0) is 0 Å². The Bertz CT molecular complexity index is 471. The number of nitrogens with one attached hydrogen (secondary N) is 2. The molecule has 1 aromatic carbocycles. The predicted molar refractivity (Wildman–Crippen MR) is 83.9 cm³/mol. The van der Waals surface area contributed by atoms with Crippen LogP contribution in [0.5, 0.6) is 0 Å². The molecule has 0 bridgehead atoms. The molecular formula is C15H21BrN2O2. The number of amides is 2. The van der Waals surface area contributed by atoms with Crippen LogP contribution in [0.4, 0.5) is 10.5 Å². The molecule has 20 heavy (non-hydrogen) atoms. The molecule has 1 aliphatic rings. The van der Waals surface area contributed by atoms with Crippen LogP contribution >= 0.6 is 15.9 Å². The van der Waals surface area contributed by atoms with E-state index in [1.54, 1.807) is 0 Å². The maximum Gasteiger partial charge on any atom is 0.319 e. The van der Waals surface area contributed by atoms with E-state index in [1.807, 2.05) is 25.1 Å². The third-order valence-electron chi connectivity index (χ3n) is 3.96. The van der Waals surface area contributed by atoms with Gasteiger partial charge in [-0.2, -0.15) is 0 Å². The topological polar surface area (TPSA) is 61.4 Å². The lowest BCUT2D eigenvalue weighted by atomic mass is 9.87. The minimum atomic E-state index is -0.154. The quantitative estimate of drug-likeness (QED) is 0.789. The smallest absolute Gasteiger partial charge is 0.319 e. The first-order valence-corrected chi connectivity index (χ1v) is 7.83. The number of aliphatic hydroxyl groups excluding tert-OH is 1. The Balaban J connectivity index is 1.85. The van der Waals surface area contributed by atoms with E-state index in [0.717, 1.165) is 41.4 Å². The fourth-order valence-electron chi connectivity index (χ4n) is 2.58. The second kappa shape index (κ2) is 7.09. The van der Waals surface area contributed by atoms with Gasteiger partial charge in [0.25, 0.3) is 0 Å². The van der Waals surface area contributed by atoms with E-state index >= 15 is 0 Å². The number of rotatable bonds is 3. The molecule has 0 spiro atoms. The summed E-state index contributed by atoms with van der Waals surface area (Å²) in [5, 5.41) is 15.0. The van der Waals surface area contributed by atoms with Crippen molar-refractivity contribution in [2.75, 3.05) is 11.9 Å². The highest BCUT2D eigenvalue weighted by Gasteiger charge is 2.21. The zero-order chi connectivity index (χ0) is 14.5. The summed E-state index contributed by atoms with van der Waals surface area (Å²) in [7, 11) is 0. The van der Waals surface area contributed by atoms with Crippen LogP contribution in [-0.4, -0.2) is 23.8 Å². The van der Waals surface area contributed by atoms with Gasteiger partial charge in [-0.3, -0.25) is 0 Å². The molecule has 1 aromatic rings. The number of urea groups is 1. The van der Waals surface area contributed by atoms with Crippen LogP contribution in [0.3, 0.4) is 0 Å². The molecule has 2 rings (SSSR count). The first kappa shape index (κ1) is 15.3. The van der Waals surface area contributed by atoms with Gasteiger partial charge in [-0.15, -0.1) is 0 Å². The van der Waals surface area contributed by atoms with Crippen molar-refractivity contribution in [3.63, 3.8) is 0 Å². The van der Waals surface area contributed by atoms with Crippen molar-refractivity contribution in [3.8, 4) is 0 Å². The molecule has 0 aromatic heterocycles. The third kappa shape index (κ3) is 3.96. The first-order valence-electron chi connectivity index (χ1n) is 7.03. The number of carbonyl (C=O) groups excluding carboxylic acids is 1. The first-order chi connectivity index (χ1) is 9.60. The number of benzene rings is 1. The minimum absolute atomic E-state index is 0.154. The largest absolute Gasteiger partial charge is 0.396 e. The molecule has 5 heteroatoms. The van der Waals surface area contributed by atoms with Gasteiger partial charge in [-0.05, 0) is 56.2 Å². The molecule has 2 amide bonds. The second-order valence-electron chi connectivity index (χ2n) is 5.41. The number of hydrogen-bond donors (Lipinski definition) is 3. The molecule has 0 heterocycles. The highest BCUT2D eigenvalue weighted by atomic mass is 79.9. The van der Waals surface area contributed by atoms with E-state index in [1.165, 1.54) is 0 Å². The van der Waals surface area contributed by atoms with Crippen molar-refractivity contribution >= 4 is 27.6 Å². The molecule has 1 saturated carbocycles. The number of anilines is 1. The van der Waals surface area contributed by atoms with Gasteiger partial charge < -0.3 is 15.7 Å². The molecule has 0 saturated heterocycles. The summed E-state index contributed by atoms with van der Waals surface area (Å²) in [6.45, 7) is 2.22. The number of carbonyl (C=O) groups is 1. The lowest BCUT2D eigenvalue weighted by molar-refractivity contribution is 0.176. The maximum atomic E-state index is 12.0. The highest BCUT2D eigenvalue weighted by molar-refractivity contribution is 9.10. The number of hydrogen-bond acceptors (Lipinski definition) is 2. The molecule has 1 aliphatic carbocycles. The van der Waals surface area contributed by atoms with Gasteiger partial charge in [0, 0.05) is 22.8 Å². The average Bonchev–Trinajstić information content (AvgIpc) is 2.45. The van der Waals surface area contributed by atoms with Gasteiger partial charge in [0.2, 0.25) is 0 Å². The lowest BCUT2D eigenvalue weighted by Crippen LogP contribution is -2.40. The monoisotopic (exact) mass is 340 g/mol. The summed E-state index contributed by atoms with van der Waals surface area (Å²) in [6, 6.07) is 5.81. The predicted octanol–water partition coefficient (Wildman–Crippen LogP) is 3.43. The Kier molecular flexibility index (Phi) is 5.43. The van der Waals surface area contributed by atoms with E-state index in [2.05, 4.69) is 26.6 Å². The fraction of sp³-hybridized carbons (Fsp3) is 0.533. The summed E-state index contributed by atoms with van der Waals surface area (Å²) in [5.41, 5.74) is 1.84. The van der Waals surface area contributed by atoms with Gasteiger partial charge in [0.15, 0.2) is 0 Å². The summed E-state index contributed by atoms with van der Waals surface area (Å²) < 4.78 is 0.985. The van der Waals surface area contributed by atoms with Crippen LogP contribution in [0, 0.1) is 12.8 Å². The van der Waals surface area contributed by atoms with Crippen molar-refractivity contribution in [2.24, 2.45) is 5.92 Å². The molecule has 1 fully saturated rings. The zero-order valence-electron chi connectivity index (χ0n) is 11.7. The molecule has 3 N–H and O–H groups in total. The van der Waals surface area contributed by atoms with Crippen molar-refractivity contribution in [1.29, 1.82) is 0 Å². The second-order valence-corrected chi connectivity index (χ2v) is 6.27. The van der Waals surface area contributed by atoms with Gasteiger partial charge >= 0.3 is 6.03 Å². The van der Waals surface area contributed by atoms with Crippen molar-refractivity contribution < 1.29 is 9.90 Å². The van der Waals surface area contributed by atoms with Crippen LogP contribution in [0.1, 0.15) is 31.2 Å². The van der Waals surface area contributed by atoms with Crippen LogP contribution in [0.15, 0.2) is 22.7 Å². The van der Waals surface area contributed by atoms with Crippen molar-refractivity contribution in [2.45, 2.75) is 38.6 Å². The Labute approximate surface area is 128 Å². The third-order valence-corrected chi connectivity index (χ3v) is 4.82. The highest BCUT2D eigenvalue weighted by Crippen LogP contribution is 2.25. The number of aliphatic hydroxyl groups is 1. The maximum absolute atomic E-state index is 12.0. The number of halogens is 1. The van der Waals surface area contributed by atoms with Gasteiger partial charge in [0.05, 0.1) is 0 Å². The molecule has 4 nitrogen and oxygen atoms in total. The standard InChI is InChI=1S/C15H21BrN2O2/c1-10-13(16)3-2-4-14(10)18-15(20)17-12-7-5-11(9-19)6-8-12/h2-4,11-12,19H,5-9H2,1H3,(H2,17,18,20). The van der Waals surface area contributed by atoms with E-state index in [0.29, 0.717) is 5.92 Å².